The fraction of sp³-hybridized carbons (Fsp3) is 0.769. The monoisotopic (exact) mass is 279 g/mol. The number of nitrogens with zero attached hydrogens (tertiary/aromatic N) is 5. The van der Waals surface area contributed by atoms with E-state index in [2.05, 4.69) is 21.9 Å². The molecule has 0 aromatic carbocycles. The van der Waals surface area contributed by atoms with Crippen molar-refractivity contribution in [2.75, 3.05) is 33.4 Å². The summed E-state index contributed by atoms with van der Waals surface area (Å²) in [5, 5.41) is 4.20. The van der Waals surface area contributed by atoms with Crippen molar-refractivity contribution in [3.8, 4) is 0 Å². The van der Waals surface area contributed by atoms with Crippen LogP contribution in [0.4, 0.5) is 0 Å². The number of likely N-dealkylation sites (N-methyl/N-ethyl adjacent to an activating group) is 1. The molecule has 2 aliphatic rings. The summed E-state index contributed by atoms with van der Waals surface area (Å²) in [6, 6.07) is 0.132. The summed E-state index contributed by atoms with van der Waals surface area (Å²) in [5.74, 6) is 1.10. The van der Waals surface area contributed by atoms with Crippen LogP contribution in [-0.4, -0.2) is 69.9 Å². The molecule has 1 amide bonds. The predicted molar refractivity (Wildman–Crippen MR) is 71.8 cm³/mol. The maximum Gasteiger partial charge on any atom is 0.229 e. The molecule has 110 valence electrons. The Morgan fingerprint density at radius 2 is 2.25 bits per heavy atom. The lowest BCUT2D eigenvalue weighted by Gasteiger charge is -2.28. The molecule has 0 unspecified atom stereocenters. The third kappa shape index (κ3) is 2.43. The predicted octanol–water partition coefficient (Wildman–Crippen LogP) is -0.413. The van der Waals surface area contributed by atoms with Gasteiger partial charge in [-0.05, 0) is 6.92 Å². The Kier molecular flexibility index (Phi) is 3.71. The third-order valence-corrected chi connectivity index (χ3v) is 4.18. The van der Waals surface area contributed by atoms with Crippen LogP contribution in [0, 0.1) is 5.92 Å². The molecule has 0 aliphatic carbocycles. The van der Waals surface area contributed by atoms with Crippen LogP contribution in [0.25, 0.3) is 0 Å². The Morgan fingerprint density at radius 1 is 1.40 bits per heavy atom. The molecule has 0 spiro atoms. The Morgan fingerprint density at radius 3 is 3.05 bits per heavy atom. The van der Waals surface area contributed by atoms with Crippen molar-refractivity contribution < 1.29 is 9.53 Å². The van der Waals surface area contributed by atoms with E-state index >= 15 is 0 Å². The summed E-state index contributed by atoms with van der Waals surface area (Å²) < 4.78 is 7.51. The number of amides is 1. The Bertz CT molecular complexity index is 489. The van der Waals surface area contributed by atoms with Gasteiger partial charge in [0.1, 0.15) is 12.2 Å². The number of aryl methyl sites for hydroxylation is 1. The molecule has 2 fully saturated rings. The van der Waals surface area contributed by atoms with Gasteiger partial charge in [0.25, 0.3) is 0 Å². The van der Waals surface area contributed by atoms with Crippen LogP contribution < -0.4 is 0 Å². The van der Waals surface area contributed by atoms with E-state index in [-0.39, 0.29) is 17.9 Å². The SMILES string of the molecule is CCn1ncnc1CN1C[C@@H]2COC[C@H](C1)N(C)C2=O. The molecule has 0 saturated carbocycles. The van der Waals surface area contributed by atoms with Gasteiger partial charge in [0.15, 0.2) is 0 Å². The summed E-state index contributed by atoms with van der Waals surface area (Å²) in [5.41, 5.74) is 0. The van der Waals surface area contributed by atoms with E-state index in [1.165, 1.54) is 0 Å². The molecule has 3 rings (SSSR count). The zero-order chi connectivity index (χ0) is 14.1. The first kappa shape index (κ1) is 13.5. The zero-order valence-electron chi connectivity index (χ0n) is 12.0. The van der Waals surface area contributed by atoms with E-state index in [1.807, 2.05) is 16.6 Å². The fourth-order valence-corrected chi connectivity index (χ4v) is 2.99. The number of hydrogen-bond acceptors (Lipinski definition) is 5. The van der Waals surface area contributed by atoms with Gasteiger partial charge in [0.2, 0.25) is 5.91 Å². The van der Waals surface area contributed by atoms with E-state index in [1.54, 1.807) is 6.33 Å². The second-order valence-corrected chi connectivity index (χ2v) is 5.52. The molecule has 2 bridgehead atoms. The average molecular weight is 279 g/mol. The maximum absolute atomic E-state index is 12.3. The summed E-state index contributed by atoms with van der Waals surface area (Å²) >= 11 is 0. The molecule has 3 heterocycles. The molecule has 2 aliphatic heterocycles. The fourth-order valence-electron chi connectivity index (χ4n) is 2.99. The molecule has 1 aromatic rings. The smallest absolute Gasteiger partial charge is 0.229 e. The minimum Gasteiger partial charge on any atom is -0.378 e. The van der Waals surface area contributed by atoms with Gasteiger partial charge in [-0.3, -0.25) is 9.69 Å². The molecular formula is C13H21N5O2. The average Bonchev–Trinajstić information content (AvgIpc) is 2.78. The van der Waals surface area contributed by atoms with Gasteiger partial charge < -0.3 is 9.64 Å². The van der Waals surface area contributed by atoms with Crippen LogP contribution in [0.3, 0.4) is 0 Å². The first-order chi connectivity index (χ1) is 9.69. The first-order valence-corrected chi connectivity index (χ1v) is 7.12. The molecule has 0 N–H and O–H groups in total. The Hall–Kier alpha value is -1.47. The minimum atomic E-state index is -0.0644. The highest BCUT2D eigenvalue weighted by Gasteiger charge is 2.37. The molecule has 0 radical (unpaired) electrons. The van der Waals surface area contributed by atoms with Crippen molar-refractivity contribution in [2.45, 2.75) is 26.1 Å². The molecule has 7 nitrogen and oxygen atoms in total. The van der Waals surface area contributed by atoms with Gasteiger partial charge >= 0.3 is 0 Å². The molecule has 7 heteroatoms. The topological polar surface area (TPSA) is 63.5 Å². The van der Waals surface area contributed by atoms with Crippen molar-refractivity contribution in [1.82, 2.24) is 24.6 Å². The van der Waals surface area contributed by atoms with Crippen molar-refractivity contribution in [2.24, 2.45) is 5.92 Å². The van der Waals surface area contributed by atoms with Crippen LogP contribution in [-0.2, 0) is 22.6 Å². The van der Waals surface area contributed by atoms with Gasteiger partial charge in [-0.15, -0.1) is 0 Å². The first-order valence-electron chi connectivity index (χ1n) is 7.12. The van der Waals surface area contributed by atoms with Crippen LogP contribution in [0.15, 0.2) is 6.33 Å². The van der Waals surface area contributed by atoms with Crippen LogP contribution in [0.1, 0.15) is 12.7 Å². The lowest BCUT2D eigenvalue weighted by molar-refractivity contribution is -0.133. The number of aromatic nitrogens is 3. The van der Waals surface area contributed by atoms with E-state index in [9.17, 15) is 4.79 Å². The lowest BCUT2D eigenvalue weighted by Crippen LogP contribution is -2.43. The highest BCUT2D eigenvalue weighted by atomic mass is 16.5. The molecule has 1 aromatic heterocycles. The highest BCUT2D eigenvalue weighted by molar-refractivity contribution is 5.79. The molecule has 2 saturated heterocycles. The number of fused-ring (bicyclic) bond motifs is 3. The van der Waals surface area contributed by atoms with Crippen molar-refractivity contribution in [3.63, 3.8) is 0 Å². The van der Waals surface area contributed by atoms with Gasteiger partial charge in [-0.25, -0.2) is 9.67 Å². The second kappa shape index (κ2) is 5.49. The maximum atomic E-state index is 12.3. The number of carbonyl (C=O) groups is 1. The van der Waals surface area contributed by atoms with Crippen LogP contribution >= 0.6 is 0 Å². The number of rotatable bonds is 3. The second-order valence-electron chi connectivity index (χ2n) is 5.52. The number of hydrogen-bond donors (Lipinski definition) is 0. The number of carbonyl (C=O) groups excluding carboxylic acids is 1. The number of ether oxygens (including phenoxy) is 1. The summed E-state index contributed by atoms with van der Waals surface area (Å²) in [6.07, 6.45) is 1.60. The summed E-state index contributed by atoms with van der Waals surface area (Å²) in [6.45, 7) is 6.32. The van der Waals surface area contributed by atoms with E-state index in [0.29, 0.717) is 13.2 Å². The summed E-state index contributed by atoms with van der Waals surface area (Å²) in [7, 11) is 1.88. The summed E-state index contributed by atoms with van der Waals surface area (Å²) in [4.78, 5) is 20.8. The van der Waals surface area contributed by atoms with Crippen LogP contribution in [0.2, 0.25) is 0 Å². The van der Waals surface area contributed by atoms with E-state index in [4.69, 9.17) is 4.74 Å². The normalized spacial score (nSPS) is 27.7. The highest BCUT2D eigenvalue weighted by Crippen LogP contribution is 2.20. The lowest BCUT2D eigenvalue weighted by atomic mass is 10.1. The van der Waals surface area contributed by atoms with Crippen LogP contribution in [0.5, 0.6) is 0 Å². The molecule has 2 atom stereocenters. The van der Waals surface area contributed by atoms with Gasteiger partial charge in [-0.1, -0.05) is 0 Å². The van der Waals surface area contributed by atoms with E-state index < -0.39 is 0 Å². The van der Waals surface area contributed by atoms with Crippen molar-refractivity contribution >= 4 is 5.91 Å². The Balaban J connectivity index is 1.77. The van der Waals surface area contributed by atoms with Crippen molar-refractivity contribution in [3.05, 3.63) is 12.2 Å². The Labute approximate surface area is 118 Å². The largest absolute Gasteiger partial charge is 0.378 e. The third-order valence-electron chi connectivity index (χ3n) is 4.18. The van der Waals surface area contributed by atoms with Gasteiger partial charge in [0, 0.05) is 26.7 Å². The zero-order valence-corrected chi connectivity index (χ0v) is 12.0. The molecule has 20 heavy (non-hydrogen) atoms. The minimum absolute atomic E-state index is 0.0644. The van der Waals surface area contributed by atoms with Crippen molar-refractivity contribution in [1.29, 1.82) is 0 Å². The van der Waals surface area contributed by atoms with E-state index in [0.717, 1.165) is 32.0 Å². The molecular weight excluding hydrogens is 258 g/mol. The van der Waals surface area contributed by atoms with Gasteiger partial charge in [-0.2, -0.15) is 5.10 Å². The quantitative estimate of drug-likeness (QED) is 0.752. The standard InChI is InChI=1S/C13H21N5O2/c1-3-18-12(14-9-15-18)6-17-4-10-7-20-8-11(5-17)16(2)13(10)19/h9-11H,3-8H2,1-2H3/t10-,11+/m1/s1. The van der Waals surface area contributed by atoms with Gasteiger partial charge in [0.05, 0.1) is 31.7 Å².